The lowest BCUT2D eigenvalue weighted by Crippen LogP contribution is -2.25. The fourth-order valence-corrected chi connectivity index (χ4v) is 4.04. The summed E-state index contributed by atoms with van der Waals surface area (Å²) >= 11 is 0. The normalized spacial score (nSPS) is 14.4. The number of nitrogens with zero attached hydrogens (tertiary/aromatic N) is 2. The lowest BCUT2D eigenvalue weighted by Gasteiger charge is -2.02. The minimum Gasteiger partial charge on any atom is -0.353 e. The first-order chi connectivity index (χ1) is 12.7. The monoisotopic (exact) mass is 342 g/mol. The summed E-state index contributed by atoms with van der Waals surface area (Å²) in [5.41, 5.74) is 3.31. The Kier molecular flexibility index (Phi) is 2.23. The van der Waals surface area contributed by atoms with Crippen LogP contribution in [0.15, 0.2) is 42.6 Å². The van der Waals surface area contributed by atoms with E-state index in [1.165, 1.54) is 0 Å². The second kappa shape index (κ2) is 4.27. The highest BCUT2D eigenvalue weighted by Gasteiger charge is 2.40. The first-order valence-electron chi connectivity index (χ1n) is 8.07. The maximum absolute atomic E-state index is 12.7. The molecule has 0 fully saturated rings. The van der Waals surface area contributed by atoms with E-state index in [0.29, 0.717) is 21.9 Å². The molecular formula is C19H10N4O3. The quantitative estimate of drug-likeness (QED) is 0.297. The molecule has 4 heterocycles. The molecule has 1 aliphatic heterocycles. The van der Waals surface area contributed by atoms with Crippen molar-refractivity contribution in [2.45, 2.75) is 0 Å². The average molecular weight is 342 g/mol. The van der Waals surface area contributed by atoms with Crippen molar-refractivity contribution in [2.75, 3.05) is 0 Å². The third kappa shape index (κ3) is 1.37. The van der Waals surface area contributed by atoms with E-state index >= 15 is 0 Å². The summed E-state index contributed by atoms with van der Waals surface area (Å²) < 4.78 is 0. The summed E-state index contributed by atoms with van der Waals surface area (Å²) in [5.74, 6) is -1.42. The largest absolute Gasteiger partial charge is 0.353 e. The van der Waals surface area contributed by atoms with Gasteiger partial charge in [0.05, 0.1) is 22.2 Å². The number of carbonyl (C=O) groups is 2. The summed E-state index contributed by atoms with van der Waals surface area (Å²) in [4.78, 5) is 36.3. The van der Waals surface area contributed by atoms with Crippen LogP contribution in [-0.4, -0.2) is 37.0 Å². The molecule has 0 aliphatic carbocycles. The van der Waals surface area contributed by atoms with E-state index in [1.54, 1.807) is 12.3 Å². The van der Waals surface area contributed by atoms with E-state index in [2.05, 4.69) is 15.0 Å². The van der Waals surface area contributed by atoms with Crippen molar-refractivity contribution >= 4 is 55.6 Å². The summed E-state index contributed by atoms with van der Waals surface area (Å²) in [6.45, 7) is 0. The van der Waals surface area contributed by atoms with Gasteiger partial charge in [-0.15, -0.1) is 5.06 Å². The van der Waals surface area contributed by atoms with Gasteiger partial charge in [-0.1, -0.05) is 18.2 Å². The van der Waals surface area contributed by atoms with Gasteiger partial charge in [0.2, 0.25) is 0 Å². The van der Waals surface area contributed by atoms with Gasteiger partial charge in [-0.05, 0) is 18.2 Å². The van der Waals surface area contributed by atoms with Crippen molar-refractivity contribution in [1.82, 2.24) is 20.0 Å². The van der Waals surface area contributed by atoms with Crippen LogP contribution < -0.4 is 0 Å². The molecule has 0 radical (unpaired) electrons. The number of pyridine rings is 1. The first kappa shape index (κ1) is 13.6. The molecule has 124 valence electrons. The summed E-state index contributed by atoms with van der Waals surface area (Å²) in [6, 6.07) is 11.2. The molecular weight excluding hydrogens is 332 g/mol. The van der Waals surface area contributed by atoms with E-state index in [1.807, 2.05) is 30.3 Å². The SMILES string of the molecule is O=C1c2c(c3c4cccnc4[nH]c3c3[nH]c4ccccc4c23)C(=O)N1O. The average Bonchev–Trinajstić information content (AvgIpc) is 3.29. The number of rotatable bonds is 0. The number of aromatic nitrogens is 3. The Morgan fingerprint density at radius 2 is 1.50 bits per heavy atom. The highest BCUT2D eigenvalue weighted by Crippen LogP contribution is 2.42. The minimum atomic E-state index is -0.716. The number of H-pyrrole nitrogens is 2. The van der Waals surface area contributed by atoms with Crippen LogP contribution in [0, 0.1) is 0 Å². The van der Waals surface area contributed by atoms with E-state index in [-0.39, 0.29) is 16.2 Å². The Morgan fingerprint density at radius 1 is 0.846 bits per heavy atom. The highest BCUT2D eigenvalue weighted by atomic mass is 16.5. The van der Waals surface area contributed by atoms with Crippen molar-refractivity contribution in [3.8, 4) is 0 Å². The topological polar surface area (TPSA) is 102 Å². The number of amides is 2. The molecule has 6 rings (SSSR count). The lowest BCUT2D eigenvalue weighted by molar-refractivity contribution is -0.0325. The number of para-hydroxylation sites is 1. The van der Waals surface area contributed by atoms with Crippen molar-refractivity contribution in [2.24, 2.45) is 0 Å². The van der Waals surface area contributed by atoms with Crippen LogP contribution in [0.5, 0.6) is 0 Å². The van der Waals surface area contributed by atoms with Crippen LogP contribution >= 0.6 is 0 Å². The summed E-state index contributed by atoms with van der Waals surface area (Å²) in [6.07, 6.45) is 1.66. The van der Waals surface area contributed by atoms with Crippen molar-refractivity contribution in [1.29, 1.82) is 0 Å². The maximum atomic E-state index is 12.7. The molecule has 26 heavy (non-hydrogen) atoms. The predicted octanol–water partition coefficient (Wildman–Crippen LogP) is 3.34. The highest BCUT2D eigenvalue weighted by molar-refractivity contribution is 6.38. The molecule has 7 nitrogen and oxygen atoms in total. The number of hydrogen-bond donors (Lipinski definition) is 3. The zero-order valence-corrected chi connectivity index (χ0v) is 13.2. The number of imide groups is 1. The van der Waals surface area contributed by atoms with E-state index in [9.17, 15) is 14.8 Å². The Labute approximate surface area is 144 Å². The Bertz CT molecular complexity index is 1330. The number of nitrogens with one attached hydrogen (secondary N) is 2. The van der Waals surface area contributed by atoms with Gasteiger partial charge in [-0.3, -0.25) is 14.8 Å². The van der Waals surface area contributed by atoms with Crippen LogP contribution in [0.3, 0.4) is 0 Å². The second-order valence-electron chi connectivity index (χ2n) is 6.37. The molecule has 0 unspecified atom stereocenters. The number of hydrogen-bond acceptors (Lipinski definition) is 4. The molecule has 7 heteroatoms. The first-order valence-corrected chi connectivity index (χ1v) is 8.07. The van der Waals surface area contributed by atoms with E-state index in [4.69, 9.17) is 0 Å². The fraction of sp³-hybridized carbons (Fsp3) is 0. The number of benzene rings is 2. The zero-order chi connectivity index (χ0) is 17.6. The number of hydroxylamine groups is 2. The van der Waals surface area contributed by atoms with Gasteiger partial charge < -0.3 is 9.97 Å². The van der Waals surface area contributed by atoms with E-state index < -0.39 is 11.8 Å². The smallest absolute Gasteiger partial charge is 0.286 e. The summed E-state index contributed by atoms with van der Waals surface area (Å²) in [7, 11) is 0. The Morgan fingerprint density at radius 3 is 2.31 bits per heavy atom. The molecule has 2 amide bonds. The number of carbonyl (C=O) groups excluding carboxylic acids is 2. The molecule has 1 aliphatic rings. The zero-order valence-electron chi connectivity index (χ0n) is 13.2. The molecule has 3 N–H and O–H groups in total. The van der Waals surface area contributed by atoms with Gasteiger partial charge in [0.15, 0.2) is 0 Å². The lowest BCUT2D eigenvalue weighted by atomic mass is 9.97. The van der Waals surface area contributed by atoms with Crippen LogP contribution in [0.2, 0.25) is 0 Å². The summed E-state index contributed by atoms with van der Waals surface area (Å²) in [5, 5.41) is 13.0. The van der Waals surface area contributed by atoms with Crippen LogP contribution in [-0.2, 0) is 0 Å². The van der Waals surface area contributed by atoms with Crippen molar-refractivity contribution in [3.63, 3.8) is 0 Å². The van der Waals surface area contributed by atoms with Gasteiger partial charge in [-0.25, -0.2) is 4.98 Å². The Balaban J connectivity index is 2.02. The van der Waals surface area contributed by atoms with Gasteiger partial charge in [0.1, 0.15) is 5.65 Å². The molecule has 0 saturated heterocycles. The molecule has 2 aromatic carbocycles. The fourth-order valence-electron chi connectivity index (χ4n) is 4.04. The van der Waals surface area contributed by atoms with Gasteiger partial charge >= 0.3 is 0 Å². The third-order valence-electron chi connectivity index (χ3n) is 5.09. The minimum absolute atomic E-state index is 0.195. The van der Waals surface area contributed by atoms with Crippen LogP contribution in [0.25, 0.3) is 43.7 Å². The molecule has 3 aromatic heterocycles. The molecule has 0 spiro atoms. The van der Waals surface area contributed by atoms with Gasteiger partial charge in [-0.2, -0.15) is 0 Å². The van der Waals surface area contributed by atoms with Gasteiger partial charge in [0, 0.05) is 33.3 Å². The predicted molar refractivity (Wildman–Crippen MR) is 95.2 cm³/mol. The molecule has 0 bridgehead atoms. The van der Waals surface area contributed by atoms with Crippen LogP contribution in [0.1, 0.15) is 20.7 Å². The third-order valence-corrected chi connectivity index (χ3v) is 5.09. The number of aromatic amines is 2. The van der Waals surface area contributed by atoms with Crippen molar-refractivity contribution < 1.29 is 14.8 Å². The molecule has 0 saturated carbocycles. The molecule has 0 atom stereocenters. The Hall–Kier alpha value is -3.71. The van der Waals surface area contributed by atoms with E-state index in [0.717, 1.165) is 21.8 Å². The van der Waals surface area contributed by atoms with Crippen LogP contribution in [0.4, 0.5) is 0 Å². The van der Waals surface area contributed by atoms with Crippen molar-refractivity contribution in [3.05, 3.63) is 53.7 Å². The second-order valence-corrected chi connectivity index (χ2v) is 6.37. The van der Waals surface area contributed by atoms with Gasteiger partial charge in [0.25, 0.3) is 11.8 Å². The number of fused-ring (bicyclic) bond motifs is 10. The molecule has 5 aromatic rings. The standard InChI is InChI=1S/C19H10N4O3/c24-18-13-11-8-4-1-2-6-10(8)21-15(11)16-12(14(13)19(25)23(18)26)9-5-3-7-20-17(9)22-16/h1-7,21,26H,(H,20,22). The maximum Gasteiger partial charge on any atom is 0.286 e.